The van der Waals surface area contributed by atoms with E-state index in [0.717, 1.165) is 34.9 Å². The molecule has 0 saturated heterocycles. The van der Waals surface area contributed by atoms with Crippen LogP contribution in [0.2, 0.25) is 0 Å². The Morgan fingerprint density at radius 3 is 2.29 bits per heavy atom. The lowest BCUT2D eigenvalue weighted by molar-refractivity contribution is -0.136. The van der Waals surface area contributed by atoms with E-state index in [9.17, 15) is 23.5 Å². The molecule has 0 unspecified atom stereocenters. The highest BCUT2D eigenvalue weighted by molar-refractivity contribution is 5.77. The molecule has 0 saturated carbocycles. The number of carbonyl (C=O) groups excluding carboxylic acids is 1. The first-order valence-corrected chi connectivity index (χ1v) is 11.1. The van der Waals surface area contributed by atoms with Gasteiger partial charge >= 0.3 is 12.1 Å². The Morgan fingerprint density at radius 2 is 1.66 bits per heavy atom. The predicted molar refractivity (Wildman–Crippen MR) is 127 cm³/mol. The Bertz CT molecular complexity index is 1210. The summed E-state index contributed by atoms with van der Waals surface area (Å²) in [5, 5.41) is 9.19. The number of carboxylic acid groups (broad SMARTS) is 1. The number of benzene rings is 3. The van der Waals surface area contributed by atoms with Gasteiger partial charge in [-0.15, -0.1) is 0 Å². The van der Waals surface area contributed by atoms with E-state index in [2.05, 4.69) is 0 Å². The molecular formula is C27H27F2NO5. The van der Waals surface area contributed by atoms with E-state index in [1.807, 2.05) is 25.1 Å². The lowest BCUT2D eigenvalue weighted by Gasteiger charge is -2.23. The summed E-state index contributed by atoms with van der Waals surface area (Å²) >= 11 is 0. The minimum Gasteiger partial charge on any atom is -0.496 e. The van der Waals surface area contributed by atoms with Gasteiger partial charge in [-0.05, 0) is 60.4 Å². The van der Waals surface area contributed by atoms with Gasteiger partial charge < -0.3 is 19.5 Å². The quantitative estimate of drug-likeness (QED) is 0.420. The van der Waals surface area contributed by atoms with E-state index in [4.69, 9.17) is 9.47 Å². The van der Waals surface area contributed by atoms with Crippen molar-refractivity contribution in [2.75, 3.05) is 13.7 Å². The highest BCUT2D eigenvalue weighted by Crippen LogP contribution is 2.34. The fourth-order valence-corrected chi connectivity index (χ4v) is 3.81. The monoisotopic (exact) mass is 483 g/mol. The van der Waals surface area contributed by atoms with Crippen molar-refractivity contribution in [3.8, 4) is 16.9 Å². The molecule has 0 atom stereocenters. The smallest absolute Gasteiger partial charge is 0.410 e. The summed E-state index contributed by atoms with van der Waals surface area (Å²) in [6.45, 7) is 4.00. The predicted octanol–water partition coefficient (Wildman–Crippen LogP) is 5.73. The first-order valence-electron chi connectivity index (χ1n) is 11.1. The Kier molecular flexibility index (Phi) is 8.41. The van der Waals surface area contributed by atoms with Crippen molar-refractivity contribution in [1.29, 1.82) is 0 Å². The van der Waals surface area contributed by atoms with Crippen LogP contribution < -0.4 is 4.74 Å². The zero-order valence-corrected chi connectivity index (χ0v) is 19.8. The molecule has 0 aliphatic rings. The third kappa shape index (κ3) is 6.79. The van der Waals surface area contributed by atoms with Gasteiger partial charge in [-0.1, -0.05) is 29.8 Å². The van der Waals surface area contributed by atoms with Crippen molar-refractivity contribution < 1.29 is 33.0 Å². The normalized spacial score (nSPS) is 10.7. The van der Waals surface area contributed by atoms with E-state index >= 15 is 0 Å². The van der Waals surface area contributed by atoms with Gasteiger partial charge in [0.15, 0.2) is 0 Å². The minimum atomic E-state index is -0.941. The van der Waals surface area contributed by atoms with Gasteiger partial charge in [-0.2, -0.15) is 0 Å². The molecule has 0 bridgehead atoms. The molecular weight excluding hydrogens is 456 g/mol. The molecule has 35 heavy (non-hydrogen) atoms. The van der Waals surface area contributed by atoms with Crippen LogP contribution in [0.4, 0.5) is 13.6 Å². The van der Waals surface area contributed by atoms with Crippen LogP contribution in [0.15, 0.2) is 54.6 Å². The molecule has 1 amide bonds. The lowest BCUT2D eigenvalue weighted by Crippen LogP contribution is -2.31. The lowest BCUT2D eigenvalue weighted by atomic mass is 9.94. The maximum atomic E-state index is 13.4. The fourth-order valence-electron chi connectivity index (χ4n) is 3.81. The molecule has 3 aromatic rings. The van der Waals surface area contributed by atoms with E-state index in [0.29, 0.717) is 23.4 Å². The number of halogens is 2. The summed E-state index contributed by atoms with van der Waals surface area (Å²) in [5.41, 5.74) is 4.12. The molecule has 6 nitrogen and oxygen atoms in total. The zero-order valence-electron chi connectivity index (χ0n) is 19.8. The number of nitrogens with zero attached hydrogens (tertiary/aromatic N) is 1. The number of ether oxygens (including phenoxy) is 2. The molecule has 1 N–H and O–H groups in total. The molecule has 8 heteroatoms. The highest BCUT2D eigenvalue weighted by Gasteiger charge is 2.19. The van der Waals surface area contributed by atoms with Crippen molar-refractivity contribution in [2.24, 2.45) is 0 Å². The fraction of sp³-hybridized carbons (Fsp3) is 0.259. The average molecular weight is 484 g/mol. The largest absolute Gasteiger partial charge is 0.496 e. The summed E-state index contributed by atoms with van der Waals surface area (Å²) in [6, 6.07) is 13.9. The second-order valence-electron chi connectivity index (χ2n) is 8.11. The molecule has 0 aliphatic carbocycles. The van der Waals surface area contributed by atoms with Crippen LogP contribution in [0.3, 0.4) is 0 Å². The Hall–Kier alpha value is -3.94. The van der Waals surface area contributed by atoms with Gasteiger partial charge in [0, 0.05) is 24.7 Å². The number of hydrogen-bond donors (Lipinski definition) is 1. The number of aliphatic carboxylic acids is 1. The van der Waals surface area contributed by atoms with Gasteiger partial charge in [0.1, 0.15) is 24.0 Å². The second-order valence-corrected chi connectivity index (χ2v) is 8.11. The molecule has 0 radical (unpaired) electrons. The van der Waals surface area contributed by atoms with Crippen LogP contribution in [0.1, 0.15) is 29.2 Å². The van der Waals surface area contributed by atoms with E-state index in [1.165, 1.54) is 12.0 Å². The first-order chi connectivity index (χ1) is 16.7. The number of methoxy groups -OCH3 is 1. The molecule has 0 heterocycles. The van der Waals surface area contributed by atoms with Crippen LogP contribution in [-0.2, 0) is 29.1 Å². The number of rotatable bonds is 9. The number of carboxylic acids is 1. The SMILES string of the molecule is CCN(Cc1cc(C)ccc1-c1cc(CC(=O)O)ccc1OC)C(=O)OCc1cc(F)cc(F)c1. The van der Waals surface area contributed by atoms with Crippen molar-refractivity contribution in [2.45, 2.75) is 33.4 Å². The average Bonchev–Trinajstić information content (AvgIpc) is 2.80. The number of hydrogen-bond acceptors (Lipinski definition) is 4. The van der Waals surface area contributed by atoms with Crippen LogP contribution in [0.5, 0.6) is 5.75 Å². The number of aryl methyl sites for hydroxylation is 1. The van der Waals surface area contributed by atoms with Crippen LogP contribution >= 0.6 is 0 Å². The molecule has 0 aromatic heterocycles. The van der Waals surface area contributed by atoms with Gasteiger partial charge in [0.2, 0.25) is 0 Å². The summed E-state index contributed by atoms with van der Waals surface area (Å²) in [5.74, 6) is -1.86. The maximum absolute atomic E-state index is 13.4. The van der Waals surface area contributed by atoms with Crippen LogP contribution in [0.25, 0.3) is 11.1 Å². The Labute approximate surface area is 202 Å². The van der Waals surface area contributed by atoms with Crippen molar-refractivity contribution in [1.82, 2.24) is 4.90 Å². The second kappa shape index (κ2) is 11.5. The molecule has 0 aliphatic heterocycles. The molecule has 3 rings (SSSR count). The minimum absolute atomic E-state index is 0.133. The first kappa shape index (κ1) is 25.7. The number of carbonyl (C=O) groups is 2. The standard InChI is InChI=1S/C27H27F2NO5/c1-4-30(27(33)35-16-19-10-21(28)14-22(29)11-19)15-20-9-17(2)5-7-23(20)24-12-18(13-26(31)32)6-8-25(24)34-3/h5-12,14H,4,13,15-16H2,1-3H3,(H,31,32). The molecule has 184 valence electrons. The molecule has 3 aromatic carbocycles. The van der Waals surface area contributed by atoms with Gasteiger partial charge in [-0.25, -0.2) is 13.6 Å². The van der Waals surface area contributed by atoms with Crippen molar-refractivity contribution >= 4 is 12.1 Å². The Morgan fingerprint density at radius 1 is 0.943 bits per heavy atom. The van der Waals surface area contributed by atoms with Gasteiger partial charge in [0.05, 0.1) is 13.5 Å². The zero-order chi connectivity index (χ0) is 25.5. The Balaban J connectivity index is 1.87. The third-order valence-corrected chi connectivity index (χ3v) is 5.46. The topological polar surface area (TPSA) is 76.1 Å². The van der Waals surface area contributed by atoms with E-state index in [-0.39, 0.29) is 25.1 Å². The van der Waals surface area contributed by atoms with E-state index in [1.54, 1.807) is 25.1 Å². The van der Waals surface area contributed by atoms with Gasteiger partial charge in [-0.3, -0.25) is 4.79 Å². The molecule has 0 spiro atoms. The summed E-state index contributed by atoms with van der Waals surface area (Å²) in [4.78, 5) is 25.5. The van der Waals surface area contributed by atoms with Gasteiger partial charge in [0.25, 0.3) is 0 Å². The van der Waals surface area contributed by atoms with Crippen LogP contribution in [-0.4, -0.2) is 35.7 Å². The third-order valence-electron chi connectivity index (χ3n) is 5.46. The summed E-state index contributed by atoms with van der Waals surface area (Å²) < 4.78 is 37.7. The summed E-state index contributed by atoms with van der Waals surface area (Å²) in [7, 11) is 1.54. The van der Waals surface area contributed by atoms with E-state index < -0.39 is 23.7 Å². The molecule has 0 fully saturated rings. The van der Waals surface area contributed by atoms with Crippen molar-refractivity contribution in [3.05, 3.63) is 88.5 Å². The number of amides is 1. The highest BCUT2D eigenvalue weighted by atomic mass is 19.1. The van der Waals surface area contributed by atoms with Crippen LogP contribution in [0, 0.1) is 18.6 Å². The summed E-state index contributed by atoms with van der Waals surface area (Å²) in [6.07, 6.45) is -0.761. The maximum Gasteiger partial charge on any atom is 0.410 e. The van der Waals surface area contributed by atoms with Crippen molar-refractivity contribution in [3.63, 3.8) is 0 Å².